The van der Waals surface area contributed by atoms with Gasteiger partial charge in [-0.05, 0) is 59.5 Å². The molecule has 38 heavy (non-hydrogen) atoms. The third-order valence-corrected chi connectivity index (χ3v) is 7.43. The number of hydrogen-bond acceptors (Lipinski definition) is 6. The van der Waals surface area contributed by atoms with E-state index < -0.39 is 15.7 Å². The van der Waals surface area contributed by atoms with Crippen LogP contribution in [0.4, 0.5) is 10.1 Å². The topological polar surface area (TPSA) is 130 Å². The van der Waals surface area contributed by atoms with Gasteiger partial charge in [0.05, 0.1) is 34.4 Å². The van der Waals surface area contributed by atoms with Crippen LogP contribution in [0.3, 0.4) is 0 Å². The summed E-state index contributed by atoms with van der Waals surface area (Å²) in [5.74, 6) is -0.479. The largest absolute Gasteiger partial charge is 0.397 e. The Hall–Kier alpha value is -4.57. The smallest absolute Gasteiger partial charge is 0.147 e. The molecule has 0 saturated carbocycles. The summed E-state index contributed by atoms with van der Waals surface area (Å²) in [6, 6.07) is 14.4. The monoisotopic (exact) mass is 526 g/mol. The maximum absolute atomic E-state index is 14.5. The number of hydrogen-bond donors (Lipinski definition) is 3. The molecule has 0 atom stereocenters. The highest BCUT2D eigenvalue weighted by molar-refractivity contribution is 7.90. The van der Waals surface area contributed by atoms with Gasteiger partial charge in [-0.1, -0.05) is 12.1 Å². The Kier molecular flexibility index (Phi) is 5.68. The van der Waals surface area contributed by atoms with Gasteiger partial charge in [0.15, 0.2) is 0 Å². The molecule has 0 bridgehead atoms. The second-order valence-corrected chi connectivity index (χ2v) is 11.7. The number of sulfone groups is 1. The van der Waals surface area contributed by atoms with Crippen LogP contribution in [0.5, 0.6) is 0 Å². The molecule has 6 rings (SSSR count). The Balaban J connectivity index is 1.43. The second-order valence-electron chi connectivity index (χ2n) is 9.40. The molecule has 0 aliphatic carbocycles. The van der Waals surface area contributed by atoms with Gasteiger partial charge < -0.3 is 10.7 Å². The molecule has 8 nitrogen and oxygen atoms in total. The van der Waals surface area contributed by atoms with Crippen LogP contribution in [-0.2, 0) is 16.3 Å². The highest BCUT2D eigenvalue weighted by Gasteiger charge is 2.16. The third kappa shape index (κ3) is 4.61. The van der Waals surface area contributed by atoms with E-state index in [0.29, 0.717) is 16.8 Å². The van der Waals surface area contributed by atoms with Crippen LogP contribution in [0.2, 0.25) is 0 Å². The van der Waals surface area contributed by atoms with Gasteiger partial charge >= 0.3 is 0 Å². The number of anilines is 1. The zero-order chi connectivity index (χ0) is 26.4. The number of pyridine rings is 2. The average Bonchev–Trinajstić information content (AvgIpc) is 3.50. The molecular formula is C28H23FN6O2S. The molecule has 2 aromatic carbocycles. The Morgan fingerprint density at radius 3 is 2.53 bits per heavy atom. The van der Waals surface area contributed by atoms with Crippen molar-refractivity contribution in [2.45, 2.75) is 6.42 Å². The number of benzene rings is 2. The molecule has 0 saturated heterocycles. The summed E-state index contributed by atoms with van der Waals surface area (Å²) in [6.07, 6.45) is 8.17. The third-order valence-electron chi connectivity index (χ3n) is 6.49. The van der Waals surface area contributed by atoms with Gasteiger partial charge in [-0.15, -0.1) is 0 Å². The number of halogens is 1. The van der Waals surface area contributed by atoms with Gasteiger partial charge in [0, 0.05) is 46.7 Å². The van der Waals surface area contributed by atoms with Crippen molar-refractivity contribution >= 4 is 37.3 Å². The number of nitrogens with one attached hydrogen (secondary N) is 2. The molecule has 190 valence electrons. The van der Waals surface area contributed by atoms with E-state index in [9.17, 15) is 12.8 Å². The zero-order valence-electron chi connectivity index (χ0n) is 20.4. The average molecular weight is 527 g/mol. The lowest BCUT2D eigenvalue weighted by atomic mass is 10.00. The zero-order valence-corrected chi connectivity index (χ0v) is 21.2. The summed E-state index contributed by atoms with van der Waals surface area (Å²) in [5, 5.41) is 9.41. The van der Waals surface area contributed by atoms with Gasteiger partial charge in [-0.3, -0.25) is 15.1 Å². The van der Waals surface area contributed by atoms with Crippen LogP contribution >= 0.6 is 0 Å². The normalized spacial score (nSPS) is 11.9. The number of aryl methyl sites for hydroxylation is 1. The van der Waals surface area contributed by atoms with Crippen molar-refractivity contribution in [3.63, 3.8) is 0 Å². The van der Waals surface area contributed by atoms with Crippen molar-refractivity contribution in [2.24, 2.45) is 0 Å². The van der Waals surface area contributed by atoms with E-state index in [1.165, 1.54) is 18.4 Å². The number of rotatable bonds is 6. The molecule has 10 heteroatoms. The van der Waals surface area contributed by atoms with E-state index in [2.05, 4.69) is 25.1 Å². The van der Waals surface area contributed by atoms with Gasteiger partial charge in [-0.2, -0.15) is 5.10 Å². The Morgan fingerprint density at radius 2 is 1.71 bits per heavy atom. The molecule has 0 unspecified atom stereocenters. The molecule has 0 amide bonds. The summed E-state index contributed by atoms with van der Waals surface area (Å²) in [7, 11) is -3.17. The molecule has 4 N–H and O–H groups in total. The number of aromatic amines is 2. The number of H-pyrrole nitrogens is 2. The quantitative estimate of drug-likeness (QED) is 0.275. The summed E-state index contributed by atoms with van der Waals surface area (Å²) in [5.41, 5.74) is 13.5. The first-order chi connectivity index (χ1) is 18.2. The van der Waals surface area contributed by atoms with Crippen LogP contribution in [0, 0.1) is 5.82 Å². The molecule has 0 aliphatic rings. The minimum atomic E-state index is -3.17. The fraction of sp³-hybridized carbons (Fsp3) is 0.107. The maximum atomic E-state index is 14.5. The van der Waals surface area contributed by atoms with Crippen molar-refractivity contribution < 1.29 is 12.8 Å². The van der Waals surface area contributed by atoms with E-state index in [-0.39, 0.29) is 12.2 Å². The summed E-state index contributed by atoms with van der Waals surface area (Å²) in [6.45, 7) is 0. The molecule has 4 aromatic heterocycles. The van der Waals surface area contributed by atoms with Crippen LogP contribution in [0.15, 0.2) is 73.3 Å². The minimum Gasteiger partial charge on any atom is -0.397 e. The van der Waals surface area contributed by atoms with Crippen LogP contribution < -0.4 is 5.73 Å². The molecule has 0 spiro atoms. The molecular weight excluding hydrogens is 503 g/mol. The van der Waals surface area contributed by atoms with E-state index in [4.69, 9.17) is 5.73 Å². The molecule has 0 fully saturated rings. The van der Waals surface area contributed by atoms with E-state index in [1.54, 1.807) is 24.8 Å². The Labute approximate surface area is 217 Å². The standard InChI is InChI=1S/C28H23FN6O2S/c1-38(36,37)5-4-16-6-18(8-20(29)7-16)24-14-32-15-27-22(24)11-26(33-27)28-23-10-17(2-3-25(23)34-35-28)19-9-21(30)13-31-12-19/h2-3,6-15,33H,4-5,30H2,1H3,(H,34,35). The van der Waals surface area contributed by atoms with Gasteiger partial charge in [0.25, 0.3) is 0 Å². The van der Waals surface area contributed by atoms with Crippen LogP contribution in [0.25, 0.3) is 55.4 Å². The number of nitrogen functional groups attached to an aromatic ring is 1. The lowest BCUT2D eigenvalue weighted by Gasteiger charge is -2.07. The fourth-order valence-corrected chi connectivity index (χ4v) is 5.28. The minimum absolute atomic E-state index is 0.0491. The first kappa shape index (κ1) is 23.8. The first-order valence-corrected chi connectivity index (χ1v) is 13.9. The predicted molar refractivity (Wildman–Crippen MR) is 148 cm³/mol. The van der Waals surface area contributed by atoms with Crippen molar-refractivity contribution in [1.82, 2.24) is 25.1 Å². The highest BCUT2D eigenvalue weighted by Crippen LogP contribution is 2.35. The summed E-state index contributed by atoms with van der Waals surface area (Å²) >= 11 is 0. The number of nitrogens with zero attached hydrogens (tertiary/aromatic N) is 3. The SMILES string of the molecule is CS(=O)(=O)CCc1cc(F)cc(-c2cncc3[nH]c(-c4n[nH]c5ccc(-c6cncc(N)c6)cc45)cc23)c1. The summed E-state index contributed by atoms with van der Waals surface area (Å²) < 4.78 is 37.8. The van der Waals surface area contributed by atoms with Crippen molar-refractivity contribution in [2.75, 3.05) is 17.7 Å². The summed E-state index contributed by atoms with van der Waals surface area (Å²) in [4.78, 5) is 11.9. The highest BCUT2D eigenvalue weighted by atomic mass is 32.2. The van der Waals surface area contributed by atoms with Crippen LogP contribution in [0.1, 0.15) is 5.56 Å². The van der Waals surface area contributed by atoms with Gasteiger partial charge in [-0.25, -0.2) is 12.8 Å². The van der Waals surface area contributed by atoms with E-state index >= 15 is 0 Å². The van der Waals surface area contributed by atoms with Crippen LogP contribution in [-0.4, -0.2) is 45.6 Å². The maximum Gasteiger partial charge on any atom is 0.147 e. The molecule has 0 radical (unpaired) electrons. The van der Waals surface area contributed by atoms with E-state index in [0.717, 1.165) is 49.9 Å². The molecule has 6 aromatic rings. The first-order valence-electron chi connectivity index (χ1n) is 11.9. The van der Waals surface area contributed by atoms with Gasteiger partial charge in [0.2, 0.25) is 0 Å². The second kappa shape index (κ2) is 9.07. The Morgan fingerprint density at radius 1 is 0.868 bits per heavy atom. The van der Waals surface area contributed by atoms with Crippen molar-refractivity contribution in [1.29, 1.82) is 0 Å². The van der Waals surface area contributed by atoms with E-state index in [1.807, 2.05) is 36.4 Å². The number of fused-ring (bicyclic) bond motifs is 2. The molecule has 0 aliphatic heterocycles. The Bertz CT molecular complexity index is 1940. The number of aromatic nitrogens is 5. The lowest BCUT2D eigenvalue weighted by molar-refractivity contribution is 0.600. The van der Waals surface area contributed by atoms with Gasteiger partial charge in [0.1, 0.15) is 21.3 Å². The number of nitrogens with two attached hydrogens (primary N) is 1. The lowest BCUT2D eigenvalue weighted by Crippen LogP contribution is -2.06. The fourth-order valence-electron chi connectivity index (χ4n) is 4.68. The molecule has 4 heterocycles. The van der Waals surface area contributed by atoms with Crippen molar-refractivity contribution in [3.05, 3.63) is 84.7 Å². The predicted octanol–water partition coefficient (Wildman–Crippen LogP) is 5.14. The van der Waals surface area contributed by atoms with Crippen molar-refractivity contribution in [3.8, 4) is 33.6 Å².